The number of hydrogen-bond acceptors (Lipinski definition) is 4. The lowest BCUT2D eigenvalue weighted by Crippen LogP contribution is -2.24. The zero-order valence-electron chi connectivity index (χ0n) is 12.2. The van der Waals surface area contributed by atoms with Gasteiger partial charge in [-0.1, -0.05) is 12.1 Å². The molecule has 2 rings (SSSR count). The average Bonchev–Trinajstić information content (AvgIpc) is 2.54. The first-order valence-electron chi connectivity index (χ1n) is 6.92. The van der Waals surface area contributed by atoms with Crippen LogP contribution in [-0.2, 0) is 9.59 Å². The first-order valence-corrected chi connectivity index (χ1v) is 8.00. The second-order valence-electron chi connectivity index (χ2n) is 4.78. The number of amides is 1. The molecular formula is C17H14IN2O3-. The second kappa shape index (κ2) is 8.42. The van der Waals surface area contributed by atoms with Crippen molar-refractivity contribution in [3.8, 4) is 0 Å². The molecule has 1 N–H and O–H groups in total. The third-order valence-electron chi connectivity index (χ3n) is 2.94. The van der Waals surface area contributed by atoms with Crippen LogP contribution in [-0.4, -0.2) is 18.1 Å². The Bertz CT molecular complexity index is 710. The van der Waals surface area contributed by atoms with Gasteiger partial charge in [-0.2, -0.15) is 0 Å². The van der Waals surface area contributed by atoms with E-state index in [1.165, 1.54) is 3.57 Å². The minimum absolute atomic E-state index is 0.102. The molecule has 0 saturated heterocycles. The summed E-state index contributed by atoms with van der Waals surface area (Å²) in [4.78, 5) is 26.2. The number of carbonyl (C=O) groups excluding carboxylic acids is 2. The van der Waals surface area contributed by atoms with Crippen LogP contribution in [0.15, 0.2) is 53.5 Å². The fourth-order valence-electron chi connectivity index (χ4n) is 1.77. The number of carboxylic acid groups (broad SMARTS) is 1. The van der Waals surface area contributed by atoms with Crippen molar-refractivity contribution in [3.63, 3.8) is 0 Å². The number of aliphatic imine (C=N–C) groups is 1. The third kappa shape index (κ3) is 6.19. The molecule has 0 heterocycles. The highest BCUT2D eigenvalue weighted by atomic mass is 127. The molecule has 0 saturated carbocycles. The number of nitrogens with one attached hydrogen (secondary N) is 1. The maximum absolute atomic E-state index is 11.5. The number of anilines is 1. The largest absolute Gasteiger partial charge is 0.550 e. The van der Waals surface area contributed by atoms with Crippen molar-refractivity contribution in [3.05, 3.63) is 57.7 Å². The van der Waals surface area contributed by atoms with Gasteiger partial charge in [-0.15, -0.1) is 0 Å². The van der Waals surface area contributed by atoms with Gasteiger partial charge in [-0.3, -0.25) is 9.79 Å². The Morgan fingerprint density at radius 3 is 2.30 bits per heavy atom. The zero-order chi connectivity index (χ0) is 16.7. The summed E-state index contributed by atoms with van der Waals surface area (Å²) < 4.78 is 1.17. The lowest BCUT2D eigenvalue weighted by Gasteiger charge is -2.05. The van der Waals surface area contributed by atoms with E-state index in [1.54, 1.807) is 30.5 Å². The molecule has 0 bridgehead atoms. The van der Waals surface area contributed by atoms with Crippen LogP contribution in [0.4, 0.5) is 11.4 Å². The van der Waals surface area contributed by atoms with Crippen molar-refractivity contribution in [2.24, 2.45) is 4.99 Å². The molecule has 0 spiro atoms. The maximum Gasteiger partial charge on any atom is 0.224 e. The van der Waals surface area contributed by atoms with Crippen molar-refractivity contribution in [1.29, 1.82) is 0 Å². The first-order chi connectivity index (χ1) is 11.0. The average molecular weight is 421 g/mol. The number of benzene rings is 2. The van der Waals surface area contributed by atoms with Crippen molar-refractivity contribution >= 4 is 52.1 Å². The molecule has 23 heavy (non-hydrogen) atoms. The molecule has 2 aromatic rings. The Morgan fingerprint density at radius 1 is 1.04 bits per heavy atom. The van der Waals surface area contributed by atoms with Crippen LogP contribution < -0.4 is 10.4 Å². The van der Waals surface area contributed by atoms with Crippen molar-refractivity contribution in [1.82, 2.24) is 0 Å². The minimum Gasteiger partial charge on any atom is -0.550 e. The third-order valence-corrected chi connectivity index (χ3v) is 3.66. The number of rotatable bonds is 6. The van der Waals surface area contributed by atoms with Crippen LogP contribution in [0, 0.1) is 3.57 Å². The van der Waals surface area contributed by atoms with Crippen LogP contribution in [0.1, 0.15) is 18.4 Å². The second-order valence-corrected chi connectivity index (χ2v) is 6.02. The van der Waals surface area contributed by atoms with Gasteiger partial charge in [0, 0.05) is 27.9 Å². The van der Waals surface area contributed by atoms with Crippen LogP contribution >= 0.6 is 22.6 Å². The summed E-state index contributed by atoms with van der Waals surface area (Å²) >= 11 is 2.24. The van der Waals surface area contributed by atoms with Crippen LogP contribution in [0.3, 0.4) is 0 Å². The summed E-state index contributed by atoms with van der Waals surface area (Å²) in [5.41, 5.74) is 2.36. The van der Waals surface area contributed by atoms with E-state index in [9.17, 15) is 14.7 Å². The molecule has 1 amide bonds. The number of carbonyl (C=O) groups is 2. The van der Waals surface area contributed by atoms with E-state index in [4.69, 9.17) is 0 Å². The number of carboxylic acids is 1. The summed E-state index contributed by atoms with van der Waals surface area (Å²) in [6.07, 6.45) is 1.38. The Morgan fingerprint density at radius 2 is 1.70 bits per heavy atom. The molecule has 2 aromatic carbocycles. The molecule has 0 radical (unpaired) electrons. The quantitative estimate of drug-likeness (QED) is 0.575. The van der Waals surface area contributed by atoms with Crippen molar-refractivity contribution in [2.45, 2.75) is 12.8 Å². The van der Waals surface area contributed by atoms with Gasteiger partial charge in [0.1, 0.15) is 0 Å². The minimum atomic E-state index is -1.24. The van der Waals surface area contributed by atoms with E-state index in [1.807, 2.05) is 24.3 Å². The first kappa shape index (κ1) is 17.1. The highest BCUT2D eigenvalue weighted by Gasteiger charge is 2.02. The molecular weight excluding hydrogens is 407 g/mol. The topological polar surface area (TPSA) is 81.6 Å². The van der Waals surface area contributed by atoms with Gasteiger partial charge in [0.05, 0.1) is 5.69 Å². The summed E-state index contributed by atoms with van der Waals surface area (Å²) in [5.74, 6) is -1.59. The fourth-order valence-corrected chi connectivity index (χ4v) is 2.13. The summed E-state index contributed by atoms with van der Waals surface area (Å²) in [5, 5.41) is 12.9. The SMILES string of the molecule is O=C([O-])CCC(=O)Nc1ccc(N=Cc2ccc(I)cc2)cc1. The fraction of sp³-hybridized carbons (Fsp3) is 0.118. The number of hydrogen-bond donors (Lipinski definition) is 1. The van der Waals surface area contributed by atoms with E-state index in [0.29, 0.717) is 5.69 Å². The van der Waals surface area contributed by atoms with Gasteiger partial charge in [0.15, 0.2) is 0 Å². The lowest BCUT2D eigenvalue weighted by molar-refractivity contribution is -0.305. The normalized spacial score (nSPS) is 10.7. The molecule has 0 aliphatic rings. The number of halogens is 1. The van der Waals surface area contributed by atoms with E-state index >= 15 is 0 Å². The smallest absolute Gasteiger partial charge is 0.224 e. The van der Waals surface area contributed by atoms with Gasteiger partial charge in [0.2, 0.25) is 5.91 Å². The molecule has 0 unspecified atom stereocenters. The van der Waals surface area contributed by atoms with Crippen LogP contribution in [0.25, 0.3) is 0 Å². The Hall–Kier alpha value is -2.22. The highest BCUT2D eigenvalue weighted by molar-refractivity contribution is 14.1. The standard InChI is InChI=1S/C17H15IN2O3/c18-13-3-1-12(2-4-13)11-19-14-5-7-15(8-6-14)20-16(21)9-10-17(22)23/h1-8,11H,9-10H2,(H,20,21)(H,22,23)/p-1. The van der Waals surface area contributed by atoms with E-state index in [-0.39, 0.29) is 18.7 Å². The maximum atomic E-state index is 11.5. The summed E-state index contributed by atoms with van der Waals surface area (Å²) in [7, 11) is 0. The molecule has 6 heteroatoms. The van der Waals surface area contributed by atoms with Gasteiger partial charge >= 0.3 is 0 Å². The van der Waals surface area contributed by atoms with Gasteiger partial charge in [-0.25, -0.2) is 0 Å². The van der Waals surface area contributed by atoms with E-state index in [0.717, 1.165) is 11.3 Å². The summed E-state index contributed by atoms with van der Waals surface area (Å²) in [6, 6.07) is 15.0. The molecule has 118 valence electrons. The molecule has 0 aliphatic heterocycles. The number of aliphatic carboxylic acids is 1. The Labute approximate surface area is 147 Å². The zero-order valence-corrected chi connectivity index (χ0v) is 14.3. The predicted octanol–water partition coefficient (Wildman–Crippen LogP) is 2.51. The molecule has 5 nitrogen and oxygen atoms in total. The van der Waals surface area contributed by atoms with Crippen LogP contribution in [0.2, 0.25) is 0 Å². The van der Waals surface area contributed by atoms with Gasteiger partial charge < -0.3 is 15.2 Å². The van der Waals surface area contributed by atoms with Crippen molar-refractivity contribution < 1.29 is 14.7 Å². The van der Waals surface area contributed by atoms with Crippen LogP contribution in [0.5, 0.6) is 0 Å². The molecule has 0 aromatic heterocycles. The molecule has 0 fully saturated rings. The number of nitrogens with zero attached hydrogens (tertiary/aromatic N) is 1. The van der Waals surface area contributed by atoms with Gasteiger partial charge in [0.25, 0.3) is 0 Å². The highest BCUT2D eigenvalue weighted by Crippen LogP contribution is 2.17. The van der Waals surface area contributed by atoms with E-state index < -0.39 is 5.97 Å². The molecule has 0 aliphatic carbocycles. The summed E-state index contributed by atoms with van der Waals surface area (Å²) in [6.45, 7) is 0. The monoisotopic (exact) mass is 421 g/mol. The Balaban J connectivity index is 1.92. The van der Waals surface area contributed by atoms with E-state index in [2.05, 4.69) is 32.9 Å². The molecule has 0 atom stereocenters. The van der Waals surface area contributed by atoms with Crippen molar-refractivity contribution in [2.75, 3.05) is 5.32 Å². The van der Waals surface area contributed by atoms with Gasteiger partial charge in [-0.05, 0) is 71.0 Å². The Kier molecular flexibility index (Phi) is 6.28. The predicted molar refractivity (Wildman–Crippen MR) is 95.7 cm³/mol. The lowest BCUT2D eigenvalue weighted by atomic mass is 10.2.